The molecule has 0 spiro atoms. The Bertz CT molecular complexity index is 1590. The van der Waals surface area contributed by atoms with Crippen molar-refractivity contribution in [3.63, 3.8) is 0 Å². The highest BCUT2D eigenvalue weighted by Gasteiger charge is 2.44. The van der Waals surface area contributed by atoms with Gasteiger partial charge in [-0.1, -0.05) is 69.9 Å². The number of halogens is 1. The third-order valence-corrected chi connectivity index (χ3v) is 9.90. The van der Waals surface area contributed by atoms with Crippen LogP contribution in [0.5, 0.6) is 0 Å². The summed E-state index contributed by atoms with van der Waals surface area (Å²) in [7, 11) is -3.50. The number of nitrogens with one attached hydrogen (secondary N) is 1. The number of aromatic nitrogens is 1. The number of carbonyl (C=O) groups excluding carboxylic acids is 1. The van der Waals surface area contributed by atoms with E-state index in [4.69, 9.17) is 4.74 Å². The Morgan fingerprint density at radius 2 is 1.90 bits per heavy atom. The van der Waals surface area contributed by atoms with Gasteiger partial charge in [-0.3, -0.25) is 4.72 Å². The van der Waals surface area contributed by atoms with Gasteiger partial charge in [-0.2, -0.15) is 0 Å². The zero-order chi connectivity index (χ0) is 29.6. The molecule has 1 aromatic heterocycles. The standard InChI is InChI=1S/C29H35FN2O5S3/c1-16(2)29(13-12-18-8-10-19(30)11-9-18)15-20(33)24(26(34)37-29)38-21-14-17(3)23-25(22(21)28(4,5)6)39-27(31-23)32-40(7,35)36/h8-11,14,16,33H,12-13,15H2,1-7H3,(H,31,32). The minimum atomic E-state index is -3.50. The molecule has 0 saturated heterocycles. The molecule has 1 aliphatic heterocycles. The summed E-state index contributed by atoms with van der Waals surface area (Å²) in [4.78, 5) is 18.9. The lowest BCUT2D eigenvalue weighted by atomic mass is 9.80. The molecule has 216 valence electrons. The first-order valence-electron chi connectivity index (χ1n) is 13.0. The zero-order valence-electron chi connectivity index (χ0n) is 23.7. The van der Waals surface area contributed by atoms with Crippen LogP contribution >= 0.6 is 23.1 Å². The summed E-state index contributed by atoms with van der Waals surface area (Å²) in [6.07, 6.45) is 2.31. The third kappa shape index (κ3) is 6.47. The molecule has 0 bridgehead atoms. The predicted molar refractivity (Wildman–Crippen MR) is 160 cm³/mol. The smallest absolute Gasteiger partial charge is 0.349 e. The topological polar surface area (TPSA) is 106 Å². The van der Waals surface area contributed by atoms with Crippen LogP contribution in [0.25, 0.3) is 10.2 Å². The molecule has 1 unspecified atom stereocenters. The van der Waals surface area contributed by atoms with E-state index < -0.39 is 21.6 Å². The molecule has 0 radical (unpaired) electrons. The molecule has 0 aliphatic carbocycles. The Kier molecular flexibility index (Phi) is 8.33. The number of hydrogen-bond acceptors (Lipinski definition) is 8. The molecule has 11 heteroatoms. The van der Waals surface area contributed by atoms with Gasteiger partial charge in [0.15, 0.2) is 5.13 Å². The Morgan fingerprint density at radius 3 is 2.45 bits per heavy atom. The van der Waals surface area contributed by atoms with Crippen molar-refractivity contribution in [2.75, 3.05) is 11.0 Å². The molecule has 2 aromatic carbocycles. The minimum Gasteiger partial charge on any atom is -0.511 e. The number of sulfonamides is 1. The molecular weight excluding hydrogens is 572 g/mol. The van der Waals surface area contributed by atoms with Gasteiger partial charge in [0, 0.05) is 11.3 Å². The summed E-state index contributed by atoms with van der Waals surface area (Å²) in [5, 5.41) is 11.5. The SMILES string of the molecule is Cc1cc(SC2=C(O)CC(CCc3ccc(F)cc3)(C(C)C)OC2=O)c(C(C)(C)C)c2sc(NS(C)(=O)=O)nc12. The van der Waals surface area contributed by atoms with E-state index >= 15 is 0 Å². The number of fused-ring (bicyclic) bond motifs is 1. The number of aliphatic hydroxyl groups is 1. The number of thioether (sulfide) groups is 1. The number of aryl methyl sites for hydroxylation is 2. The van der Waals surface area contributed by atoms with Crippen molar-refractivity contribution in [1.29, 1.82) is 0 Å². The summed E-state index contributed by atoms with van der Waals surface area (Å²) in [5.41, 5.74) is 2.07. The number of anilines is 1. The van der Waals surface area contributed by atoms with Crippen molar-refractivity contribution >= 4 is 54.4 Å². The van der Waals surface area contributed by atoms with Crippen LogP contribution in [0, 0.1) is 18.7 Å². The minimum absolute atomic E-state index is 0.0181. The number of ether oxygens (including phenoxy) is 1. The van der Waals surface area contributed by atoms with Crippen LogP contribution < -0.4 is 4.72 Å². The molecule has 0 amide bonds. The average molecular weight is 607 g/mol. The largest absolute Gasteiger partial charge is 0.511 e. The number of esters is 1. The monoisotopic (exact) mass is 606 g/mol. The van der Waals surface area contributed by atoms with Gasteiger partial charge < -0.3 is 9.84 Å². The number of thiazole rings is 1. The highest BCUT2D eigenvalue weighted by atomic mass is 32.2. The second-order valence-electron chi connectivity index (χ2n) is 11.7. The van der Waals surface area contributed by atoms with Crippen LogP contribution in [0.15, 0.2) is 45.9 Å². The van der Waals surface area contributed by atoms with Crippen LogP contribution in [0.2, 0.25) is 0 Å². The molecule has 1 atom stereocenters. The van der Waals surface area contributed by atoms with Gasteiger partial charge in [-0.15, -0.1) is 0 Å². The summed E-state index contributed by atoms with van der Waals surface area (Å²) >= 11 is 2.41. The van der Waals surface area contributed by atoms with Gasteiger partial charge in [0.25, 0.3) is 0 Å². The van der Waals surface area contributed by atoms with E-state index in [1.165, 1.54) is 35.2 Å². The molecule has 7 nitrogen and oxygen atoms in total. The molecule has 2 N–H and O–H groups in total. The van der Waals surface area contributed by atoms with Gasteiger partial charge in [0.1, 0.15) is 22.1 Å². The third-order valence-electron chi connectivity index (χ3n) is 7.07. The normalized spacial score (nSPS) is 18.5. The van der Waals surface area contributed by atoms with Crippen LogP contribution in [-0.2, 0) is 31.4 Å². The van der Waals surface area contributed by atoms with Crippen LogP contribution in [0.3, 0.4) is 0 Å². The summed E-state index contributed by atoms with van der Waals surface area (Å²) in [6, 6.07) is 8.17. The number of hydrogen-bond donors (Lipinski definition) is 2. The Hall–Kier alpha value is -2.63. The fraction of sp³-hybridized carbons (Fsp3) is 0.448. The first kappa shape index (κ1) is 30.3. The lowest BCUT2D eigenvalue weighted by Crippen LogP contribution is -2.44. The van der Waals surface area contributed by atoms with Crippen LogP contribution in [0.1, 0.15) is 64.2 Å². The molecule has 0 saturated carbocycles. The van der Waals surface area contributed by atoms with E-state index in [0.29, 0.717) is 18.4 Å². The molecular formula is C29H35FN2O5S3. The fourth-order valence-electron chi connectivity index (χ4n) is 4.92. The number of carbonyl (C=O) groups is 1. The van der Waals surface area contributed by atoms with Crippen molar-refractivity contribution in [2.45, 2.75) is 76.7 Å². The maximum Gasteiger partial charge on any atom is 0.349 e. The molecule has 0 fully saturated rings. The van der Waals surface area contributed by atoms with E-state index in [0.717, 1.165) is 32.5 Å². The van der Waals surface area contributed by atoms with E-state index in [-0.39, 0.29) is 39.4 Å². The first-order chi connectivity index (χ1) is 18.5. The van der Waals surface area contributed by atoms with Gasteiger partial charge in [-0.25, -0.2) is 22.6 Å². The van der Waals surface area contributed by atoms with Crippen molar-refractivity contribution in [2.24, 2.45) is 5.92 Å². The molecule has 3 aromatic rings. The van der Waals surface area contributed by atoms with Crippen molar-refractivity contribution in [3.8, 4) is 0 Å². The van der Waals surface area contributed by atoms with Gasteiger partial charge in [0.2, 0.25) is 10.0 Å². The van der Waals surface area contributed by atoms with E-state index in [1.54, 1.807) is 12.1 Å². The zero-order valence-corrected chi connectivity index (χ0v) is 26.2. The van der Waals surface area contributed by atoms with E-state index in [1.807, 2.05) is 47.6 Å². The first-order valence-corrected chi connectivity index (χ1v) is 16.5. The number of benzene rings is 2. The summed E-state index contributed by atoms with van der Waals surface area (Å²) in [6.45, 7) is 11.9. The summed E-state index contributed by atoms with van der Waals surface area (Å²) in [5.74, 6) is -0.969. The van der Waals surface area contributed by atoms with Gasteiger partial charge >= 0.3 is 5.97 Å². The summed E-state index contributed by atoms with van der Waals surface area (Å²) < 4.78 is 46.4. The quantitative estimate of drug-likeness (QED) is 0.260. The number of aliphatic hydroxyl groups excluding tert-OH is 1. The highest BCUT2D eigenvalue weighted by Crippen LogP contribution is 2.48. The van der Waals surface area contributed by atoms with Crippen molar-refractivity contribution in [1.82, 2.24) is 4.98 Å². The average Bonchev–Trinajstić information content (AvgIpc) is 3.22. The molecule has 4 rings (SSSR count). The predicted octanol–water partition coefficient (Wildman–Crippen LogP) is 7.25. The fourth-order valence-corrected chi connectivity index (χ4v) is 8.40. The second kappa shape index (κ2) is 11.0. The Morgan fingerprint density at radius 1 is 1.25 bits per heavy atom. The maximum atomic E-state index is 13.5. The lowest BCUT2D eigenvalue weighted by molar-refractivity contribution is -0.164. The number of nitrogens with zero attached hydrogens (tertiary/aromatic N) is 1. The molecule has 1 aliphatic rings. The Balaban J connectivity index is 1.71. The van der Waals surface area contributed by atoms with Crippen molar-refractivity contribution < 1.29 is 27.4 Å². The number of cyclic esters (lactones) is 1. The lowest BCUT2D eigenvalue weighted by Gasteiger charge is -2.40. The number of rotatable bonds is 8. The van der Waals surface area contributed by atoms with Gasteiger partial charge in [-0.05, 0) is 66.0 Å². The maximum absolute atomic E-state index is 13.5. The van der Waals surface area contributed by atoms with Crippen LogP contribution in [0.4, 0.5) is 9.52 Å². The van der Waals surface area contributed by atoms with E-state index in [9.17, 15) is 22.7 Å². The van der Waals surface area contributed by atoms with E-state index in [2.05, 4.69) is 9.71 Å². The van der Waals surface area contributed by atoms with Gasteiger partial charge in [0.05, 0.1) is 16.5 Å². The Labute approximate surface area is 243 Å². The second-order valence-corrected chi connectivity index (χ2v) is 15.5. The molecule has 40 heavy (non-hydrogen) atoms. The highest BCUT2D eigenvalue weighted by molar-refractivity contribution is 8.04. The van der Waals surface area contributed by atoms with Crippen molar-refractivity contribution in [3.05, 3.63) is 63.5 Å². The molecule has 2 heterocycles. The van der Waals surface area contributed by atoms with Crippen LogP contribution in [-0.4, -0.2) is 36.3 Å².